The molecule has 3 fully saturated rings. The van der Waals surface area contributed by atoms with E-state index in [1.807, 2.05) is 12.1 Å². The van der Waals surface area contributed by atoms with Gasteiger partial charge in [0.1, 0.15) is 5.82 Å². The van der Waals surface area contributed by atoms with Crippen LogP contribution in [0.1, 0.15) is 55.7 Å². The molecular weight excluding hydrogens is 538 g/mol. The standard InChI is InChI=1S/C30H33F4N5O2/c1-19(40)36-24-8-10-38(18-24)11-12-39(28(41)37-23-5-6-27(31)26(15-23)30(32,33)34)25-7-9-29(16-22(29)14-25)21-4-2-3-20(13-21)17-35/h2-6,13,15,22,24-25H,7-12,14,16,18H2,1H3,(H,36,40)(H,37,41)/t22?,24?,25-,29-/m1/s1. The zero-order chi connectivity index (χ0) is 29.4. The van der Waals surface area contributed by atoms with Crippen LogP contribution in [-0.4, -0.2) is 60.0 Å². The molecule has 2 saturated carbocycles. The van der Waals surface area contributed by atoms with E-state index in [0.29, 0.717) is 49.7 Å². The second-order valence-electron chi connectivity index (χ2n) is 11.5. The largest absolute Gasteiger partial charge is 0.419 e. The van der Waals surface area contributed by atoms with Crippen LogP contribution in [-0.2, 0) is 16.4 Å². The quantitative estimate of drug-likeness (QED) is 0.444. The minimum atomic E-state index is -4.88. The van der Waals surface area contributed by atoms with Crippen LogP contribution in [0.4, 0.5) is 28.0 Å². The van der Waals surface area contributed by atoms with Gasteiger partial charge in [0.15, 0.2) is 0 Å². The van der Waals surface area contributed by atoms with E-state index in [0.717, 1.165) is 43.9 Å². The van der Waals surface area contributed by atoms with E-state index in [2.05, 4.69) is 27.7 Å². The van der Waals surface area contributed by atoms with Gasteiger partial charge in [-0.15, -0.1) is 0 Å². The molecule has 41 heavy (non-hydrogen) atoms. The maximum atomic E-state index is 13.8. The molecule has 7 nitrogen and oxygen atoms in total. The lowest BCUT2D eigenvalue weighted by atomic mass is 9.80. The van der Waals surface area contributed by atoms with Crippen molar-refractivity contribution in [2.24, 2.45) is 5.92 Å². The summed E-state index contributed by atoms with van der Waals surface area (Å²) < 4.78 is 53.7. The first kappa shape index (κ1) is 28.9. The Morgan fingerprint density at radius 3 is 2.71 bits per heavy atom. The van der Waals surface area contributed by atoms with Gasteiger partial charge in [-0.3, -0.25) is 9.69 Å². The highest BCUT2D eigenvalue weighted by Gasteiger charge is 2.58. The van der Waals surface area contributed by atoms with Crippen molar-refractivity contribution in [2.45, 2.75) is 62.7 Å². The van der Waals surface area contributed by atoms with E-state index >= 15 is 0 Å². The van der Waals surface area contributed by atoms with Crippen LogP contribution in [0, 0.1) is 23.1 Å². The number of hydrogen-bond donors (Lipinski definition) is 2. The molecule has 2 unspecified atom stereocenters. The van der Waals surface area contributed by atoms with Gasteiger partial charge in [0.25, 0.3) is 0 Å². The highest BCUT2D eigenvalue weighted by molar-refractivity contribution is 5.89. The molecule has 1 aliphatic heterocycles. The number of fused-ring (bicyclic) bond motifs is 1. The molecule has 0 bridgehead atoms. The summed E-state index contributed by atoms with van der Waals surface area (Å²) in [4.78, 5) is 28.9. The zero-order valence-corrected chi connectivity index (χ0v) is 22.8. The lowest BCUT2D eigenvalue weighted by Crippen LogP contribution is -2.48. The summed E-state index contributed by atoms with van der Waals surface area (Å²) in [5.74, 6) is -1.15. The number of carbonyl (C=O) groups is 2. The number of rotatable bonds is 7. The number of carbonyl (C=O) groups excluding carboxylic acids is 2. The molecule has 2 aromatic rings. The third kappa shape index (κ3) is 6.32. The molecular formula is C30H33F4N5O2. The number of nitriles is 1. The molecule has 2 N–H and O–H groups in total. The van der Waals surface area contributed by atoms with Gasteiger partial charge < -0.3 is 15.5 Å². The molecule has 11 heteroatoms. The van der Waals surface area contributed by atoms with Crippen molar-refractivity contribution in [1.82, 2.24) is 15.1 Å². The Hall–Kier alpha value is -3.65. The highest BCUT2D eigenvalue weighted by atomic mass is 19.4. The lowest BCUT2D eigenvalue weighted by Gasteiger charge is -2.37. The number of urea groups is 1. The van der Waals surface area contributed by atoms with E-state index in [1.165, 1.54) is 6.92 Å². The number of benzene rings is 2. The predicted molar refractivity (Wildman–Crippen MR) is 144 cm³/mol. The van der Waals surface area contributed by atoms with Gasteiger partial charge in [-0.1, -0.05) is 12.1 Å². The second kappa shape index (κ2) is 11.3. The van der Waals surface area contributed by atoms with Crippen molar-refractivity contribution in [3.05, 3.63) is 65.0 Å². The van der Waals surface area contributed by atoms with Crippen molar-refractivity contribution < 1.29 is 27.2 Å². The minimum absolute atomic E-state index is 0.00932. The molecule has 4 atom stereocenters. The van der Waals surface area contributed by atoms with E-state index in [1.54, 1.807) is 11.0 Å². The Kier molecular flexibility index (Phi) is 7.97. The van der Waals surface area contributed by atoms with Crippen molar-refractivity contribution in [1.29, 1.82) is 5.26 Å². The molecule has 218 valence electrons. The normalized spacial score (nSPS) is 25.6. The van der Waals surface area contributed by atoms with Crippen LogP contribution in [0.2, 0.25) is 0 Å². The summed E-state index contributed by atoms with van der Waals surface area (Å²) in [6.45, 7) is 3.82. The number of likely N-dealkylation sites (tertiary alicyclic amines) is 1. The Morgan fingerprint density at radius 1 is 1.20 bits per heavy atom. The van der Waals surface area contributed by atoms with Crippen LogP contribution < -0.4 is 10.6 Å². The molecule has 1 heterocycles. The minimum Gasteiger partial charge on any atom is -0.352 e. The van der Waals surface area contributed by atoms with Gasteiger partial charge in [0.2, 0.25) is 5.91 Å². The number of nitrogens with zero attached hydrogens (tertiary/aromatic N) is 3. The van der Waals surface area contributed by atoms with Crippen molar-refractivity contribution in [3.63, 3.8) is 0 Å². The SMILES string of the molecule is CC(=O)NC1CCN(CCN(C(=O)Nc2ccc(F)c(C(F)(F)F)c2)[C@@H]2CC[C@]3(c4cccc(C#N)c4)CC3C2)C1. The molecule has 2 aliphatic carbocycles. The monoisotopic (exact) mass is 571 g/mol. The second-order valence-corrected chi connectivity index (χ2v) is 11.5. The van der Waals surface area contributed by atoms with Crippen LogP contribution in [0.25, 0.3) is 0 Å². The lowest BCUT2D eigenvalue weighted by molar-refractivity contribution is -0.140. The number of halogens is 4. The van der Waals surface area contributed by atoms with E-state index in [4.69, 9.17) is 0 Å². The molecule has 0 spiro atoms. The average molecular weight is 572 g/mol. The molecule has 0 aromatic heterocycles. The van der Waals surface area contributed by atoms with Gasteiger partial charge in [-0.2, -0.15) is 18.4 Å². The van der Waals surface area contributed by atoms with Gasteiger partial charge in [0, 0.05) is 50.9 Å². The maximum Gasteiger partial charge on any atom is 0.419 e. The zero-order valence-electron chi connectivity index (χ0n) is 22.8. The number of nitrogens with one attached hydrogen (secondary N) is 2. The third-order valence-corrected chi connectivity index (χ3v) is 8.84. The molecule has 2 aromatic carbocycles. The van der Waals surface area contributed by atoms with Gasteiger partial charge >= 0.3 is 12.2 Å². The van der Waals surface area contributed by atoms with Crippen LogP contribution >= 0.6 is 0 Å². The average Bonchev–Trinajstić information content (AvgIpc) is 3.51. The molecule has 5 rings (SSSR count). The summed E-state index contributed by atoms with van der Waals surface area (Å²) in [5.41, 5.74) is 0.202. The van der Waals surface area contributed by atoms with Crippen molar-refractivity contribution >= 4 is 17.6 Å². The first-order valence-corrected chi connectivity index (χ1v) is 13.9. The van der Waals surface area contributed by atoms with Crippen molar-refractivity contribution in [3.8, 4) is 6.07 Å². The number of anilines is 1. The Bertz CT molecular complexity index is 1360. The smallest absolute Gasteiger partial charge is 0.352 e. The first-order valence-electron chi connectivity index (χ1n) is 13.9. The predicted octanol–water partition coefficient (Wildman–Crippen LogP) is 5.27. The summed E-state index contributed by atoms with van der Waals surface area (Å²) in [7, 11) is 0. The molecule has 0 radical (unpaired) electrons. The van der Waals surface area contributed by atoms with Crippen molar-refractivity contribution in [2.75, 3.05) is 31.5 Å². The van der Waals surface area contributed by atoms with Gasteiger partial charge in [-0.05, 0) is 79.3 Å². The maximum absolute atomic E-state index is 13.8. The van der Waals surface area contributed by atoms with E-state index < -0.39 is 23.6 Å². The van der Waals surface area contributed by atoms with Gasteiger partial charge in [0.05, 0.1) is 17.2 Å². The summed E-state index contributed by atoms with van der Waals surface area (Å²) in [6, 6.07) is 11.7. The number of amides is 3. The fourth-order valence-electron chi connectivity index (χ4n) is 6.70. The number of alkyl halides is 3. The third-order valence-electron chi connectivity index (χ3n) is 8.84. The highest BCUT2D eigenvalue weighted by Crippen LogP contribution is 2.62. The van der Waals surface area contributed by atoms with Crippen LogP contribution in [0.15, 0.2) is 42.5 Å². The molecule has 3 aliphatic rings. The van der Waals surface area contributed by atoms with E-state index in [-0.39, 0.29) is 29.1 Å². The van der Waals surface area contributed by atoms with Crippen LogP contribution in [0.3, 0.4) is 0 Å². The first-order chi connectivity index (χ1) is 19.5. The summed E-state index contributed by atoms with van der Waals surface area (Å²) >= 11 is 0. The molecule has 3 amide bonds. The summed E-state index contributed by atoms with van der Waals surface area (Å²) in [5, 5.41) is 14.8. The topological polar surface area (TPSA) is 88.5 Å². The van der Waals surface area contributed by atoms with Gasteiger partial charge in [-0.25, -0.2) is 9.18 Å². The summed E-state index contributed by atoms with van der Waals surface area (Å²) in [6.07, 6.45) is -0.818. The fraction of sp³-hybridized carbons (Fsp3) is 0.500. The Morgan fingerprint density at radius 2 is 2.00 bits per heavy atom. The Balaban J connectivity index is 1.30. The fourth-order valence-corrected chi connectivity index (χ4v) is 6.70. The van der Waals surface area contributed by atoms with Crippen LogP contribution in [0.5, 0.6) is 0 Å². The Labute approximate surface area is 236 Å². The number of hydrogen-bond acceptors (Lipinski definition) is 4. The van der Waals surface area contributed by atoms with E-state index in [9.17, 15) is 32.4 Å². The molecule has 1 saturated heterocycles.